The number of ketones is 1. The van der Waals surface area contributed by atoms with E-state index in [1.807, 2.05) is 0 Å². The van der Waals surface area contributed by atoms with Crippen LogP contribution in [0.25, 0.3) is 5.57 Å². The molecule has 3 aliphatic rings. The zero-order valence-corrected chi connectivity index (χ0v) is 14.4. The van der Waals surface area contributed by atoms with Gasteiger partial charge in [0.15, 0.2) is 17.3 Å². The number of hydrogen-bond donors (Lipinski definition) is 2. The number of Topliss-reactive ketones (excluding diaryl/α,β-unsaturated/α-hetero) is 1. The van der Waals surface area contributed by atoms with E-state index in [2.05, 4.69) is 0 Å². The third kappa shape index (κ3) is 2.53. The van der Waals surface area contributed by atoms with Crippen LogP contribution in [0.5, 0.6) is 17.2 Å². The topological polar surface area (TPSA) is 104 Å². The lowest BCUT2D eigenvalue weighted by Crippen LogP contribution is -2.55. The van der Waals surface area contributed by atoms with Crippen LogP contribution in [0.2, 0.25) is 0 Å². The summed E-state index contributed by atoms with van der Waals surface area (Å²) in [6, 6.07) is 2.99. The molecule has 8 heteroatoms. The summed E-state index contributed by atoms with van der Waals surface area (Å²) in [5.41, 5.74) is 0.667. The normalized spacial score (nSPS) is 33.0. The van der Waals surface area contributed by atoms with Crippen molar-refractivity contribution in [3.63, 3.8) is 0 Å². The number of rotatable bonds is 3. The van der Waals surface area contributed by atoms with E-state index in [0.29, 0.717) is 12.0 Å². The molecular weight excluding hydrogens is 344 g/mol. The van der Waals surface area contributed by atoms with Gasteiger partial charge in [0.2, 0.25) is 5.75 Å². The number of fused-ring (bicyclic) bond motifs is 2. The monoisotopic (exact) mass is 364 g/mol. The molecule has 0 radical (unpaired) electrons. The predicted molar refractivity (Wildman–Crippen MR) is 87.8 cm³/mol. The number of phenols is 1. The highest BCUT2D eigenvalue weighted by Gasteiger charge is 2.53. The number of carbonyl (C=O) groups excluding carboxylic acids is 1. The average Bonchev–Trinajstić information content (AvgIpc) is 3.10. The van der Waals surface area contributed by atoms with Crippen LogP contribution < -0.4 is 9.47 Å². The fourth-order valence-corrected chi connectivity index (χ4v) is 3.90. The molecule has 0 aromatic heterocycles. The maximum Gasteiger partial charge on any atom is 0.203 e. The first-order chi connectivity index (χ1) is 12.5. The summed E-state index contributed by atoms with van der Waals surface area (Å²) in [5.74, 6) is -0.719. The van der Waals surface area contributed by atoms with Crippen molar-refractivity contribution >= 4 is 11.4 Å². The van der Waals surface area contributed by atoms with Crippen molar-refractivity contribution in [1.82, 2.24) is 0 Å². The Bertz CT molecular complexity index is 758. The van der Waals surface area contributed by atoms with E-state index >= 15 is 0 Å². The molecule has 2 heterocycles. The summed E-state index contributed by atoms with van der Waals surface area (Å²) in [6.45, 7) is 0.101. The van der Waals surface area contributed by atoms with Gasteiger partial charge in [-0.05, 0) is 17.7 Å². The summed E-state index contributed by atoms with van der Waals surface area (Å²) in [5, 5.41) is 20.8. The van der Waals surface area contributed by atoms with Gasteiger partial charge in [-0.2, -0.15) is 0 Å². The highest BCUT2D eigenvalue weighted by atomic mass is 16.7. The molecule has 0 amide bonds. The van der Waals surface area contributed by atoms with E-state index in [1.54, 1.807) is 6.07 Å². The van der Waals surface area contributed by atoms with Gasteiger partial charge in [0.25, 0.3) is 0 Å². The van der Waals surface area contributed by atoms with Crippen LogP contribution in [-0.2, 0) is 19.0 Å². The van der Waals surface area contributed by atoms with Gasteiger partial charge < -0.3 is 33.9 Å². The first-order valence-corrected chi connectivity index (χ1v) is 8.31. The molecule has 4 rings (SSSR count). The number of ether oxygens (including phenoxy) is 5. The Morgan fingerprint density at radius 3 is 2.69 bits per heavy atom. The number of methoxy groups -OCH3 is 2. The Morgan fingerprint density at radius 1 is 1.15 bits per heavy atom. The van der Waals surface area contributed by atoms with Gasteiger partial charge in [-0.3, -0.25) is 4.79 Å². The second-order valence-corrected chi connectivity index (χ2v) is 6.51. The Hall–Kier alpha value is -2.29. The van der Waals surface area contributed by atoms with E-state index in [1.165, 1.54) is 26.5 Å². The highest BCUT2D eigenvalue weighted by molar-refractivity contribution is 6.22. The minimum Gasteiger partial charge on any atom is -0.504 e. The van der Waals surface area contributed by atoms with E-state index in [-0.39, 0.29) is 41.5 Å². The van der Waals surface area contributed by atoms with Crippen LogP contribution in [0.4, 0.5) is 0 Å². The first-order valence-electron chi connectivity index (χ1n) is 8.31. The van der Waals surface area contributed by atoms with Crippen molar-refractivity contribution in [2.45, 2.75) is 30.8 Å². The molecule has 1 aliphatic carbocycles. The van der Waals surface area contributed by atoms with Crippen molar-refractivity contribution < 1.29 is 38.7 Å². The Labute approximate surface area is 149 Å². The Morgan fingerprint density at radius 2 is 1.96 bits per heavy atom. The molecule has 1 saturated carbocycles. The fourth-order valence-electron chi connectivity index (χ4n) is 3.90. The van der Waals surface area contributed by atoms with Gasteiger partial charge in [0.05, 0.1) is 44.2 Å². The molecule has 2 fully saturated rings. The van der Waals surface area contributed by atoms with Crippen LogP contribution in [0.3, 0.4) is 0 Å². The summed E-state index contributed by atoms with van der Waals surface area (Å²) >= 11 is 0. The van der Waals surface area contributed by atoms with Crippen molar-refractivity contribution in [3.05, 3.63) is 24.0 Å². The largest absolute Gasteiger partial charge is 0.504 e. The van der Waals surface area contributed by atoms with Gasteiger partial charge in [-0.15, -0.1) is 0 Å². The van der Waals surface area contributed by atoms with Gasteiger partial charge in [0, 0.05) is 6.42 Å². The average molecular weight is 364 g/mol. The first kappa shape index (κ1) is 17.1. The summed E-state index contributed by atoms with van der Waals surface area (Å²) in [6.07, 6.45) is -0.475. The number of benzene rings is 1. The molecule has 140 valence electrons. The van der Waals surface area contributed by atoms with Crippen molar-refractivity contribution in [1.29, 1.82) is 0 Å². The van der Waals surface area contributed by atoms with Gasteiger partial charge in [0.1, 0.15) is 19.0 Å². The van der Waals surface area contributed by atoms with Crippen LogP contribution >= 0.6 is 0 Å². The Balaban J connectivity index is 1.69. The zero-order chi connectivity index (χ0) is 18.4. The quantitative estimate of drug-likeness (QED) is 0.813. The molecular formula is C18H20O8. The van der Waals surface area contributed by atoms with Crippen LogP contribution in [0.15, 0.2) is 18.4 Å². The smallest absolute Gasteiger partial charge is 0.203 e. The maximum absolute atomic E-state index is 13.1. The predicted octanol–water partition coefficient (Wildman–Crippen LogP) is 0.840. The van der Waals surface area contributed by atoms with Crippen LogP contribution in [0, 0.1) is 5.92 Å². The third-order valence-corrected chi connectivity index (χ3v) is 5.18. The highest BCUT2D eigenvalue weighted by Crippen LogP contribution is 2.43. The van der Waals surface area contributed by atoms with E-state index < -0.39 is 24.2 Å². The molecule has 8 nitrogen and oxygen atoms in total. The van der Waals surface area contributed by atoms with Crippen molar-refractivity contribution in [2.24, 2.45) is 5.92 Å². The number of hydrogen-bond acceptors (Lipinski definition) is 8. The van der Waals surface area contributed by atoms with Crippen LogP contribution in [-0.4, -0.2) is 61.4 Å². The molecule has 0 spiro atoms. The SMILES string of the molecule is COc1cc(C2=COC3CC4OCOC4C(O)C3C2=O)cc(O)c1OC. The second kappa shape index (κ2) is 6.46. The minimum atomic E-state index is -1.02. The van der Waals surface area contributed by atoms with Crippen molar-refractivity contribution in [2.75, 3.05) is 21.0 Å². The molecule has 0 bridgehead atoms. The number of aromatic hydroxyl groups is 1. The number of phenolic OH excluding ortho intramolecular Hbond substituents is 1. The summed E-state index contributed by atoms with van der Waals surface area (Å²) in [7, 11) is 2.85. The van der Waals surface area contributed by atoms with Crippen LogP contribution in [0.1, 0.15) is 12.0 Å². The number of aliphatic hydroxyl groups is 1. The number of allylic oxidation sites excluding steroid dienone is 1. The maximum atomic E-state index is 13.1. The Kier molecular flexibility index (Phi) is 4.26. The van der Waals surface area contributed by atoms with Crippen molar-refractivity contribution in [3.8, 4) is 17.2 Å². The van der Waals surface area contributed by atoms with E-state index in [4.69, 9.17) is 23.7 Å². The molecule has 5 atom stereocenters. The molecule has 5 unspecified atom stereocenters. The number of carbonyl (C=O) groups is 1. The molecule has 26 heavy (non-hydrogen) atoms. The van der Waals surface area contributed by atoms with E-state index in [9.17, 15) is 15.0 Å². The molecule has 1 saturated heterocycles. The fraction of sp³-hybridized carbons (Fsp3) is 0.500. The third-order valence-electron chi connectivity index (χ3n) is 5.18. The lowest BCUT2D eigenvalue weighted by Gasteiger charge is -2.41. The summed E-state index contributed by atoms with van der Waals surface area (Å²) in [4.78, 5) is 13.1. The van der Waals surface area contributed by atoms with E-state index in [0.717, 1.165) is 0 Å². The van der Waals surface area contributed by atoms with Gasteiger partial charge in [-0.1, -0.05) is 0 Å². The summed E-state index contributed by atoms with van der Waals surface area (Å²) < 4.78 is 26.9. The molecule has 2 N–H and O–H groups in total. The lowest BCUT2D eigenvalue weighted by molar-refractivity contribution is -0.145. The van der Waals surface area contributed by atoms with Gasteiger partial charge >= 0.3 is 0 Å². The minimum absolute atomic E-state index is 0.101. The second-order valence-electron chi connectivity index (χ2n) is 6.51. The lowest BCUT2D eigenvalue weighted by atomic mass is 9.74. The standard InChI is InChI=1S/C18H20O8/c1-22-12-4-8(3-10(19)17(12)23-2)9-6-24-11-5-13-18(26-7-25-13)16(21)14(11)15(9)20/h3-4,6,11,13-14,16,18-19,21H,5,7H2,1-2H3. The molecule has 2 aliphatic heterocycles. The molecule has 1 aromatic rings. The zero-order valence-electron chi connectivity index (χ0n) is 14.4. The molecule has 1 aromatic carbocycles. The number of aliphatic hydroxyl groups excluding tert-OH is 1. The van der Waals surface area contributed by atoms with Gasteiger partial charge in [-0.25, -0.2) is 0 Å².